The van der Waals surface area contributed by atoms with Crippen molar-refractivity contribution in [3.05, 3.63) is 44.8 Å². The zero-order valence-electron chi connectivity index (χ0n) is 18.2. The van der Waals surface area contributed by atoms with E-state index in [1.54, 1.807) is 18.2 Å². The SMILES string of the molecule is O=C(O)CCCCCNC(=O)CCCCCN1C(=O)/C(=C/c2cccc([N+](=O)[O-])c2)SC1=S. The van der Waals surface area contributed by atoms with Gasteiger partial charge in [0.15, 0.2) is 0 Å². The highest BCUT2D eigenvalue weighted by molar-refractivity contribution is 8.26. The molecule has 2 rings (SSSR count). The maximum Gasteiger partial charge on any atom is 0.303 e. The van der Waals surface area contributed by atoms with E-state index < -0.39 is 10.9 Å². The van der Waals surface area contributed by atoms with Crippen LogP contribution < -0.4 is 5.32 Å². The maximum absolute atomic E-state index is 12.7. The van der Waals surface area contributed by atoms with Crippen molar-refractivity contribution >= 4 is 57.8 Å². The highest BCUT2D eigenvalue weighted by Crippen LogP contribution is 2.33. The molecule has 1 heterocycles. The zero-order chi connectivity index (χ0) is 24.2. The van der Waals surface area contributed by atoms with Crippen molar-refractivity contribution < 1.29 is 24.4 Å². The second-order valence-corrected chi connectivity index (χ2v) is 9.23. The second kappa shape index (κ2) is 13.7. The topological polar surface area (TPSA) is 130 Å². The summed E-state index contributed by atoms with van der Waals surface area (Å²) >= 11 is 6.49. The van der Waals surface area contributed by atoms with Crippen LogP contribution in [0.15, 0.2) is 29.2 Å². The zero-order valence-corrected chi connectivity index (χ0v) is 19.8. The number of carbonyl (C=O) groups excluding carboxylic acids is 2. The Morgan fingerprint density at radius 3 is 2.61 bits per heavy atom. The number of unbranched alkanes of at least 4 members (excludes halogenated alkanes) is 4. The normalized spacial score (nSPS) is 14.7. The molecule has 0 bridgehead atoms. The van der Waals surface area contributed by atoms with Crippen LogP contribution in [0, 0.1) is 10.1 Å². The lowest BCUT2D eigenvalue weighted by molar-refractivity contribution is -0.384. The molecule has 1 aromatic carbocycles. The molecule has 0 saturated carbocycles. The van der Waals surface area contributed by atoms with Gasteiger partial charge in [-0.3, -0.25) is 29.4 Å². The predicted octanol–water partition coefficient (Wildman–Crippen LogP) is 4.12. The first kappa shape index (κ1) is 26.5. The van der Waals surface area contributed by atoms with Crippen LogP contribution in [0.1, 0.15) is 56.9 Å². The number of nitrogens with zero attached hydrogens (tertiary/aromatic N) is 2. The fraction of sp³-hybridized carbons (Fsp3) is 0.455. The number of aliphatic carboxylic acids is 1. The quantitative estimate of drug-likeness (QED) is 0.130. The van der Waals surface area contributed by atoms with Gasteiger partial charge in [0.1, 0.15) is 4.32 Å². The van der Waals surface area contributed by atoms with Crippen molar-refractivity contribution in [2.24, 2.45) is 0 Å². The van der Waals surface area contributed by atoms with Gasteiger partial charge in [-0.05, 0) is 37.3 Å². The van der Waals surface area contributed by atoms with Gasteiger partial charge >= 0.3 is 5.97 Å². The molecule has 1 saturated heterocycles. The molecule has 178 valence electrons. The van der Waals surface area contributed by atoms with Gasteiger partial charge in [-0.25, -0.2) is 0 Å². The van der Waals surface area contributed by atoms with E-state index in [0.717, 1.165) is 19.3 Å². The lowest BCUT2D eigenvalue weighted by Crippen LogP contribution is -2.29. The number of rotatable bonds is 14. The summed E-state index contributed by atoms with van der Waals surface area (Å²) in [6, 6.07) is 6.07. The fourth-order valence-corrected chi connectivity index (χ4v) is 4.51. The molecule has 2 amide bonds. The summed E-state index contributed by atoms with van der Waals surface area (Å²) in [6.45, 7) is 1.01. The molecular formula is C22H27N3O6S2. The average Bonchev–Trinajstić information content (AvgIpc) is 3.03. The van der Waals surface area contributed by atoms with Crippen LogP contribution >= 0.6 is 24.0 Å². The Kier molecular flexibility index (Phi) is 11.0. The van der Waals surface area contributed by atoms with E-state index >= 15 is 0 Å². The summed E-state index contributed by atoms with van der Waals surface area (Å²) in [5.41, 5.74) is 0.527. The number of non-ortho nitro benzene ring substituents is 1. The van der Waals surface area contributed by atoms with Gasteiger partial charge in [0.05, 0.1) is 9.83 Å². The minimum Gasteiger partial charge on any atom is -0.481 e. The first-order chi connectivity index (χ1) is 15.8. The highest BCUT2D eigenvalue weighted by atomic mass is 32.2. The van der Waals surface area contributed by atoms with Crippen LogP contribution in [0.3, 0.4) is 0 Å². The Morgan fingerprint density at radius 2 is 1.88 bits per heavy atom. The molecule has 1 aliphatic rings. The van der Waals surface area contributed by atoms with Crippen molar-refractivity contribution in [3.8, 4) is 0 Å². The van der Waals surface area contributed by atoms with Gasteiger partial charge in [-0.2, -0.15) is 0 Å². The third kappa shape index (κ3) is 9.30. The smallest absolute Gasteiger partial charge is 0.303 e. The molecule has 9 nitrogen and oxygen atoms in total. The summed E-state index contributed by atoms with van der Waals surface area (Å²) in [7, 11) is 0. The molecule has 1 aliphatic heterocycles. The number of hydrogen-bond acceptors (Lipinski definition) is 7. The first-order valence-corrected chi connectivity index (χ1v) is 12.0. The number of nitrogens with one attached hydrogen (secondary N) is 1. The molecular weight excluding hydrogens is 466 g/mol. The van der Waals surface area contributed by atoms with Crippen LogP contribution in [-0.4, -0.2) is 50.1 Å². The number of thioether (sulfide) groups is 1. The molecule has 0 atom stereocenters. The molecule has 0 aliphatic carbocycles. The van der Waals surface area contributed by atoms with E-state index in [1.165, 1.54) is 28.8 Å². The van der Waals surface area contributed by atoms with E-state index in [2.05, 4.69) is 5.32 Å². The van der Waals surface area contributed by atoms with Crippen molar-refractivity contribution in [3.63, 3.8) is 0 Å². The maximum atomic E-state index is 12.7. The first-order valence-electron chi connectivity index (χ1n) is 10.8. The van der Waals surface area contributed by atoms with Crippen molar-refractivity contribution in [1.29, 1.82) is 0 Å². The van der Waals surface area contributed by atoms with Gasteiger partial charge in [0.2, 0.25) is 5.91 Å². The number of nitro benzene ring substituents is 1. The van der Waals surface area contributed by atoms with E-state index in [0.29, 0.717) is 53.6 Å². The number of carboxylic acid groups (broad SMARTS) is 1. The van der Waals surface area contributed by atoms with Crippen LogP contribution in [-0.2, 0) is 14.4 Å². The molecule has 1 fully saturated rings. The van der Waals surface area contributed by atoms with Crippen molar-refractivity contribution in [2.45, 2.75) is 51.4 Å². The number of nitro groups is 1. The molecule has 33 heavy (non-hydrogen) atoms. The number of carbonyl (C=O) groups is 3. The number of amides is 2. The molecule has 2 N–H and O–H groups in total. The van der Waals surface area contributed by atoms with E-state index in [9.17, 15) is 24.5 Å². The van der Waals surface area contributed by atoms with Gasteiger partial charge in [0, 0.05) is 38.1 Å². The van der Waals surface area contributed by atoms with Gasteiger partial charge in [-0.1, -0.05) is 49.0 Å². The highest BCUT2D eigenvalue weighted by Gasteiger charge is 2.31. The van der Waals surface area contributed by atoms with Crippen LogP contribution in [0.5, 0.6) is 0 Å². The summed E-state index contributed by atoms with van der Waals surface area (Å²) < 4.78 is 0.456. The Morgan fingerprint density at radius 1 is 1.15 bits per heavy atom. The Labute approximate surface area is 201 Å². The predicted molar refractivity (Wildman–Crippen MR) is 131 cm³/mol. The average molecular weight is 494 g/mol. The van der Waals surface area contributed by atoms with Crippen molar-refractivity contribution in [2.75, 3.05) is 13.1 Å². The fourth-order valence-electron chi connectivity index (χ4n) is 3.20. The van der Waals surface area contributed by atoms with Gasteiger partial charge in [0.25, 0.3) is 11.6 Å². The van der Waals surface area contributed by atoms with E-state index in [-0.39, 0.29) is 23.9 Å². The van der Waals surface area contributed by atoms with E-state index in [1.807, 2.05) is 0 Å². The van der Waals surface area contributed by atoms with Crippen LogP contribution in [0.25, 0.3) is 6.08 Å². The third-order valence-corrected chi connectivity index (χ3v) is 6.31. The van der Waals surface area contributed by atoms with Gasteiger partial charge < -0.3 is 10.4 Å². The van der Waals surface area contributed by atoms with Gasteiger partial charge in [-0.15, -0.1) is 0 Å². The monoisotopic (exact) mass is 493 g/mol. The number of carboxylic acids is 1. The summed E-state index contributed by atoms with van der Waals surface area (Å²) in [6.07, 6.45) is 6.49. The molecule has 0 aromatic heterocycles. The third-order valence-electron chi connectivity index (χ3n) is 4.93. The summed E-state index contributed by atoms with van der Waals surface area (Å²) in [4.78, 5) is 47.3. The number of benzene rings is 1. The molecule has 0 radical (unpaired) electrons. The molecule has 1 aromatic rings. The Bertz CT molecular complexity index is 934. The van der Waals surface area contributed by atoms with Crippen LogP contribution in [0.4, 0.5) is 5.69 Å². The largest absolute Gasteiger partial charge is 0.481 e. The summed E-state index contributed by atoms with van der Waals surface area (Å²) in [5, 5.41) is 22.3. The Hall–Kier alpha value is -2.79. The number of hydrogen-bond donors (Lipinski definition) is 2. The molecule has 0 spiro atoms. The minimum atomic E-state index is -0.802. The number of thiocarbonyl (C=S) groups is 1. The molecule has 11 heteroatoms. The second-order valence-electron chi connectivity index (χ2n) is 7.55. The van der Waals surface area contributed by atoms with Crippen molar-refractivity contribution in [1.82, 2.24) is 10.2 Å². The van der Waals surface area contributed by atoms with Crippen LogP contribution in [0.2, 0.25) is 0 Å². The lowest BCUT2D eigenvalue weighted by Gasteiger charge is -2.14. The molecule has 0 unspecified atom stereocenters. The van der Waals surface area contributed by atoms with E-state index in [4.69, 9.17) is 17.3 Å². The summed E-state index contributed by atoms with van der Waals surface area (Å²) in [5.74, 6) is -1.04. The minimum absolute atomic E-state index is 0.0290. The Balaban J connectivity index is 1.67. The standard InChI is InChI=1S/C22H27N3O6S2/c26-19(23-12-5-1-4-11-20(27)28)10-3-2-6-13-24-21(29)18(33-22(24)32)15-16-8-7-9-17(14-16)25(30)31/h7-9,14-15H,1-6,10-13H2,(H,23,26)(H,27,28)/b18-15-. The lowest BCUT2D eigenvalue weighted by atomic mass is 10.1.